The second-order valence-electron chi connectivity index (χ2n) is 6.94. The molecule has 1 heterocycles. The smallest absolute Gasteiger partial charge is 0.410 e. The molecule has 1 amide bonds. The van der Waals surface area contributed by atoms with Crippen LogP contribution in [0.25, 0.3) is 10.8 Å². The molecule has 3 heteroatoms. The first kappa shape index (κ1) is 14.9. The molecule has 1 unspecified atom stereocenters. The van der Waals surface area contributed by atoms with Crippen LogP contribution in [-0.2, 0) is 4.74 Å². The zero-order valence-electron chi connectivity index (χ0n) is 13.5. The highest BCUT2D eigenvalue weighted by Gasteiger charge is 2.33. The third-order valence-electron chi connectivity index (χ3n) is 4.04. The fourth-order valence-corrected chi connectivity index (χ4v) is 3.07. The van der Waals surface area contributed by atoms with E-state index >= 15 is 0 Å². The number of hydrogen-bond donors (Lipinski definition) is 0. The highest BCUT2D eigenvalue weighted by molar-refractivity contribution is 5.83. The highest BCUT2D eigenvalue weighted by atomic mass is 16.6. The summed E-state index contributed by atoms with van der Waals surface area (Å²) >= 11 is 0. The molecule has 0 aliphatic carbocycles. The second kappa shape index (κ2) is 5.64. The van der Waals surface area contributed by atoms with E-state index in [1.165, 1.54) is 16.3 Å². The normalized spacial score (nSPS) is 18.7. The van der Waals surface area contributed by atoms with E-state index in [1.807, 2.05) is 37.8 Å². The number of benzene rings is 2. The van der Waals surface area contributed by atoms with Crippen molar-refractivity contribution < 1.29 is 9.53 Å². The summed E-state index contributed by atoms with van der Waals surface area (Å²) in [6, 6.07) is 14.9. The molecule has 3 nitrogen and oxygen atoms in total. The van der Waals surface area contributed by atoms with E-state index < -0.39 is 5.60 Å². The Balaban J connectivity index is 1.86. The zero-order chi connectivity index (χ0) is 15.7. The van der Waals surface area contributed by atoms with Crippen LogP contribution in [-0.4, -0.2) is 23.1 Å². The Morgan fingerprint density at radius 3 is 2.59 bits per heavy atom. The Morgan fingerprint density at radius 2 is 1.86 bits per heavy atom. The van der Waals surface area contributed by atoms with Gasteiger partial charge in [0.25, 0.3) is 0 Å². The van der Waals surface area contributed by atoms with Crippen molar-refractivity contribution in [2.24, 2.45) is 0 Å². The van der Waals surface area contributed by atoms with Gasteiger partial charge in [-0.2, -0.15) is 0 Å². The minimum atomic E-state index is -0.451. The summed E-state index contributed by atoms with van der Waals surface area (Å²) in [5.41, 5.74) is 0.746. The molecule has 116 valence electrons. The first-order valence-electron chi connectivity index (χ1n) is 7.92. The van der Waals surface area contributed by atoms with Crippen molar-refractivity contribution in [3.63, 3.8) is 0 Å². The van der Waals surface area contributed by atoms with E-state index in [4.69, 9.17) is 4.74 Å². The molecule has 1 atom stereocenters. The Labute approximate surface area is 131 Å². The van der Waals surface area contributed by atoms with Crippen LogP contribution in [0.3, 0.4) is 0 Å². The first-order chi connectivity index (χ1) is 10.4. The molecule has 2 aromatic rings. The standard InChI is InChI=1S/C19H23NO2/c1-19(2,3)22-18(21)20-12-6-9-17(20)16-11-10-14-7-4-5-8-15(14)13-16/h4-5,7-8,10-11,13,17H,6,9,12H2,1-3H3. The first-order valence-corrected chi connectivity index (χ1v) is 7.92. The van der Waals surface area contributed by atoms with E-state index in [9.17, 15) is 4.79 Å². The lowest BCUT2D eigenvalue weighted by Gasteiger charge is -2.29. The van der Waals surface area contributed by atoms with E-state index in [1.54, 1.807) is 0 Å². The van der Waals surface area contributed by atoms with Crippen LogP contribution >= 0.6 is 0 Å². The van der Waals surface area contributed by atoms with Gasteiger partial charge in [-0.3, -0.25) is 0 Å². The topological polar surface area (TPSA) is 29.5 Å². The van der Waals surface area contributed by atoms with Gasteiger partial charge in [0.2, 0.25) is 0 Å². The summed E-state index contributed by atoms with van der Waals surface area (Å²) < 4.78 is 5.55. The fourth-order valence-electron chi connectivity index (χ4n) is 3.07. The lowest BCUT2D eigenvalue weighted by Crippen LogP contribution is -2.36. The van der Waals surface area contributed by atoms with Crippen LogP contribution in [0.15, 0.2) is 42.5 Å². The van der Waals surface area contributed by atoms with E-state index in [-0.39, 0.29) is 12.1 Å². The number of ether oxygens (including phenoxy) is 1. The van der Waals surface area contributed by atoms with Crippen LogP contribution in [0.5, 0.6) is 0 Å². The fraction of sp³-hybridized carbons (Fsp3) is 0.421. The maximum Gasteiger partial charge on any atom is 0.410 e. The minimum Gasteiger partial charge on any atom is -0.444 e. The molecule has 0 bridgehead atoms. The molecular formula is C19H23NO2. The van der Waals surface area contributed by atoms with Crippen molar-refractivity contribution in [1.82, 2.24) is 4.90 Å². The molecule has 1 aliphatic heterocycles. The van der Waals surface area contributed by atoms with Gasteiger partial charge < -0.3 is 9.64 Å². The second-order valence-corrected chi connectivity index (χ2v) is 6.94. The number of likely N-dealkylation sites (tertiary alicyclic amines) is 1. The third kappa shape index (κ3) is 3.08. The van der Waals surface area contributed by atoms with Gasteiger partial charge in [-0.15, -0.1) is 0 Å². The zero-order valence-corrected chi connectivity index (χ0v) is 13.5. The average Bonchev–Trinajstić information content (AvgIpc) is 2.94. The van der Waals surface area contributed by atoms with Crippen LogP contribution < -0.4 is 0 Å². The highest BCUT2D eigenvalue weighted by Crippen LogP contribution is 2.34. The lowest BCUT2D eigenvalue weighted by atomic mass is 10.0. The van der Waals surface area contributed by atoms with Crippen LogP contribution in [0, 0.1) is 0 Å². The number of carbonyl (C=O) groups is 1. The number of nitrogens with zero attached hydrogens (tertiary/aromatic N) is 1. The van der Waals surface area contributed by atoms with E-state index in [0.717, 1.165) is 19.4 Å². The Kier molecular flexibility index (Phi) is 3.81. The Bertz CT molecular complexity index is 687. The molecule has 0 radical (unpaired) electrons. The number of rotatable bonds is 1. The maximum atomic E-state index is 12.4. The van der Waals surface area contributed by atoms with Crippen molar-refractivity contribution in [3.05, 3.63) is 48.0 Å². The van der Waals surface area contributed by atoms with Crippen LogP contribution in [0.4, 0.5) is 4.79 Å². The summed E-state index contributed by atoms with van der Waals surface area (Å²) in [5.74, 6) is 0. The predicted octanol–water partition coefficient (Wildman–Crippen LogP) is 4.91. The minimum absolute atomic E-state index is 0.124. The van der Waals surface area contributed by atoms with Gasteiger partial charge in [-0.05, 0) is 56.0 Å². The summed E-state index contributed by atoms with van der Waals surface area (Å²) in [5, 5.41) is 2.45. The van der Waals surface area contributed by atoms with E-state index in [0.29, 0.717) is 0 Å². The molecule has 0 saturated carbocycles. The van der Waals surface area contributed by atoms with Crippen molar-refractivity contribution in [2.75, 3.05) is 6.54 Å². The molecule has 1 saturated heterocycles. The SMILES string of the molecule is CC(C)(C)OC(=O)N1CCCC1c1ccc2ccccc2c1. The molecular weight excluding hydrogens is 274 g/mol. The Morgan fingerprint density at radius 1 is 1.14 bits per heavy atom. The number of fused-ring (bicyclic) bond motifs is 1. The van der Waals surface area contributed by atoms with Crippen molar-refractivity contribution >= 4 is 16.9 Å². The third-order valence-corrected chi connectivity index (χ3v) is 4.04. The van der Waals surface area contributed by atoms with Crippen LogP contribution in [0.2, 0.25) is 0 Å². The van der Waals surface area contributed by atoms with Gasteiger partial charge in [-0.25, -0.2) is 4.79 Å². The molecule has 0 spiro atoms. The van der Waals surface area contributed by atoms with Crippen molar-refractivity contribution in [2.45, 2.75) is 45.3 Å². The monoisotopic (exact) mass is 297 g/mol. The van der Waals surface area contributed by atoms with Crippen LogP contribution in [0.1, 0.15) is 45.2 Å². The Hall–Kier alpha value is -2.03. The summed E-state index contributed by atoms with van der Waals surface area (Å²) in [7, 11) is 0. The lowest BCUT2D eigenvalue weighted by molar-refractivity contribution is 0.0224. The molecule has 3 rings (SSSR count). The number of amides is 1. The van der Waals surface area contributed by atoms with Gasteiger partial charge in [0.05, 0.1) is 6.04 Å². The molecule has 1 aliphatic rings. The largest absolute Gasteiger partial charge is 0.444 e. The van der Waals surface area contributed by atoms with Crippen molar-refractivity contribution in [3.8, 4) is 0 Å². The molecule has 0 N–H and O–H groups in total. The summed E-state index contributed by atoms with van der Waals surface area (Å²) in [4.78, 5) is 14.3. The molecule has 2 aromatic carbocycles. The molecule has 0 aromatic heterocycles. The van der Waals surface area contributed by atoms with Crippen molar-refractivity contribution in [1.29, 1.82) is 0 Å². The quantitative estimate of drug-likeness (QED) is 0.748. The number of carbonyl (C=O) groups excluding carboxylic acids is 1. The maximum absolute atomic E-state index is 12.4. The van der Waals surface area contributed by atoms with Gasteiger partial charge in [-0.1, -0.05) is 36.4 Å². The van der Waals surface area contributed by atoms with Gasteiger partial charge in [0.1, 0.15) is 5.60 Å². The predicted molar refractivity (Wildman–Crippen MR) is 88.9 cm³/mol. The molecule has 22 heavy (non-hydrogen) atoms. The van der Waals surface area contributed by atoms with E-state index in [2.05, 4.69) is 30.3 Å². The average molecular weight is 297 g/mol. The van der Waals surface area contributed by atoms with Gasteiger partial charge in [0.15, 0.2) is 0 Å². The van der Waals surface area contributed by atoms with Gasteiger partial charge >= 0.3 is 6.09 Å². The summed E-state index contributed by atoms with van der Waals surface area (Å²) in [6.07, 6.45) is 1.82. The number of hydrogen-bond acceptors (Lipinski definition) is 2. The summed E-state index contributed by atoms with van der Waals surface area (Å²) in [6.45, 7) is 6.50. The molecule has 1 fully saturated rings. The van der Waals surface area contributed by atoms with Gasteiger partial charge in [0, 0.05) is 6.54 Å².